The molecule has 1 aromatic rings. The van der Waals surface area contributed by atoms with Gasteiger partial charge in [-0.15, -0.1) is 0 Å². The van der Waals surface area contributed by atoms with Crippen LogP contribution in [-0.2, 0) is 0 Å². The standard InChI is InChI=1S/C11H14FN3OS/c1-7(2)15(6-10(13)17)11(16)8-3-4-14-5-9(8)12/h3-5,7H,6H2,1-2H3,(H2,13,17). The van der Waals surface area contributed by atoms with Gasteiger partial charge in [-0.3, -0.25) is 9.78 Å². The largest absolute Gasteiger partial charge is 0.392 e. The zero-order valence-corrected chi connectivity index (χ0v) is 10.5. The SMILES string of the molecule is CC(C)N(CC(N)=S)C(=O)c1ccncc1F. The molecule has 0 saturated carbocycles. The highest BCUT2D eigenvalue weighted by atomic mass is 32.1. The van der Waals surface area contributed by atoms with Gasteiger partial charge in [-0.1, -0.05) is 12.2 Å². The molecule has 0 fully saturated rings. The van der Waals surface area contributed by atoms with Crippen molar-refractivity contribution in [3.8, 4) is 0 Å². The molecule has 4 nitrogen and oxygen atoms in total. The topological polar surface area (TPSA) is 59.2 Å². The van der Waals surface area contributed by atoms with Crippen LogP contribution in [0, 0.1) is 5.82 Å². The first-order valence-corrected chi connectivity index (χ1v) is 5.53. The molecule has 1 amide bonds. The first kappa shape index (κ1) is 13.5. The van der Waals surface area contributed by atoms with E-state index in [-0.39, 0.29) is 23.1 Å². The van der Waals surface area contributed by atoms with E-state index in [4.69, 9.17) is 18.0 Å². The molecule has 0 saturated heterocycles. The van der Waals surface area contributed by atoms with Crippen molar-refractivity contribution in [1.82, 2.24) is 9.88 Å². The summed E-state index contributed by atoms with van der Waals surface area (Å²) in [7, 11) is 0. The Morgan fingerprint density at radius 2 is 2.29 bits per heavy atom. The Morgan fingerprint density at radius 1 is 1.65 bits per heavy atom. The highest BCUT2D eigenvalue weighted by molar-refractivity contribution is 7.80. The van der Waals surface area contributed by atoms with Gasteiger partial charge in [0, 0.05) is 12.2 Å². The summed E-state index contributed by atoms with van der Waals surface area (Å²) in [4.78, 5) is 17.3. The summed E-state index contributed by atoms with van der Waals surface area (Å²) < 4.78 is 13.4. The van der Waals surface area contributed by atoms with Crippen LogP contribution in [0.3, 0.4) is 0 Å². The van der Waals surface area contributed by atoms with E-state index >= 15 is 0 Å². The minimum Gasteiger partial charge on any atom is -0.392 e. The third-order valence-corrected chi connectivity index (χ3v) is 2.34. The number of rotatable bonds is 4. The van der Waals surface area contributed by atoms with E-state index in [1.807, 2.05) is 13.8 Å². The molecule has 0 unspecified atom stereocenters. The fourth-order valence-electron chi connectivity index (χ4n) is 1.36. The number of thiocarbonyl (C=S) groups is 1. The predicted octanol–water partition coefficient (Wildman–Crippen LogP) is 1.36. The minimum atomic E-state index is -0.647. The van der Waals surface area contributed by atoms with Gasteiger partial charge in [0.2, 0.25) is 0 Å². The smallest absolute Gasteiger partial charge is 0.257 e. The monoisotopic (exact) mass is 255 g/mol. The van der Waals surface area contributed by atoms with Crippen LogP contribution in [0.15, 0.2) is 18.5 Å². The molecule has 0 radical (unpaired) electrons. The molecule has 1 aromatic heterocycles. The van der Waals surface area contributed by atoms with Gasteiger partial charge in [0.25, 0.3) is 5.91 Å². The molecule has 0 atom stereocenters. The number of nitrogens with two attached hydrogens (primary N) is 1. The second-order valence-corrected chi connectivity index (χ2v) is 4.37. The van der Waals surface area contributed by atoms with E-state index in [9.17, 15) is 9.18 Å². The number of hydrogen-bond donors (Lipinski definition) is 1. The molecule has 0 aromatic carbocycles. The van der Waals surface area contributed by atoms with Gasteiger partial charge in [0.05, 0.1) is 23.3 Å². The van der Waals surface area contributed by atoms with Crippen LogP contribution in [0.25, 0.3) is 0 Å². The molecule has 17 heavy (non-hydrogen) atoms. The van der Waals surface area contributed by atoms with Gasteiger partial charge in [-0.05, 0) is 19.9 Å². The molecule has 6 heteroatoms. The summed E-state index contributed by atoms with van der Waals surface area (Å²) in [5, 5.41) is 0. The van der Waals surface area contributed by atoms with Gasteiger partial charge in [0.15, 0.2) is 5.82 Å². The van der Waals surface area contributed by atoms with Gasteiger partial charge >= 0.3 is 0 Å². The van der Waals surface area contributed by atoms with Gasteiger partial charge in [0.1, 0.15) is 0 Å². The summed E-state index contributed by atoms with van der Waals surface area (Å²) in [5.41, 5.74) is 5.39. The van der Waals surface area contributed by atoms with Gasteiger partial charge < -0.3 is 10.6 Å². The zero-order valence-electron chi connectivity index (χ0n) is 9.68. The Hall–Kier alpha value is -1.56. The minimum absolute atomic E-state index is 0.0232. The summed E-state index contributed by atoms with van der Waals surface area (Å²) in [6, 6.07) is 1.23. The van der Waals surface area contributed by atoms with Crippen molar-refractivity contribution >= 4 is 23.1 Å². The number of nitrogens with zero attached hydrogens (tertiary/aromatic N) is 2. The Morgan fingerprint density at radius 3 is 2.76 bits per heavy atom. The second kappa shape index (κ2) is 5.67. The molecule has 1 rings (SSSR count). The van der Waals surface area contributed by atoms with Crippen molar-refractivity contribution in [3.63, 3.8) is 0 Å². The fraction of sp³-hybridized carbons (Fsp3) is 0.364. The number of pyridine rings is 1. The molecule has 1 heterocycles. The summed E-state index contributed by atoms with van der Waals surface area (Å²) in [6.07, 6.45) is 2.38. The molecule has 2 N–H and O–H groups in total. The van der Waals surface area contributed by atoms with Crippen molar-refractivity contribution in [2.45, 2.75) is 19.9 Å². The van der Waals surface area contributed by atoms with Crippen molar-refractivity contribution in [2.24, 2.45) is 5.73 Å². The lowest BCUT2D eigenvalue weighted by Gasteiger charge is -2.26. The number of hydrogen-bond acceptors (Lipinski definition) is 3. The Kier molecular flexibility index (Phi) is 4.51. The molecule has 0 aliphatic carbocycles. The van der Waals surface area contributed by atoms with Crippen LogP contribution < -0.4 is 5.73 Å². The van der Waals surface area contributed by atoms with Crippen molar-refractivity contribution in [2.75, 3.05) is 6.54 Å². The summed E-state index contributed by atoms with van der Waals surface area (Å²) in [6.45, 7) is 3.76. The van der Waals surface area contributed by atoms with Crippen molar-refractivity contribution < 1.29 is 9.18 Å². The van der Waals surface area contributed by atoms with Crippen molar-refractivity contribution in [1.29, 1.82) is 0 Å². The van der Waals surface area contributed by atoms with Crippen LogP contribution >= 0.6 is 12.2 Å². The normalized spacial score (nSPS) is 10.4. The van der Waals surface area contributed by atoms with E-state index in [0.29, 0.717) is 0 Å². The second-order valence-electron chi connectivity index (χ2n) is 3.85. The quantitative estimate of drug-likeness (QED) is 0.825. The highest BCUT2D eigenvalue weighted by Crippen LogP contribution is 2.11. The van der Waals surface area contributed by atoms with Crippen LogP contribution in [0.5, 0.6) is 0 Å². The maximum atomic E-state index is 13.4. The van der Waals surface area contributed by atoms with E-state index < -0.39 is 11.7 Å². The fourth-order valence-corrected chi connectivity index (χ4v) is 1.50. The summed E-state index contributed by atoms with van der Waals surface area (Å²) in [5.74, 6) is -1.08. The Labute approximate surface area is 105 Å². The lowest BCUT2D eigenvalue weighted by molar-refractivity contribution is 0.0731. The van der Waals surface area contributed by atoms with E-state index in [1.54, 1.807) is 0 Å². The van der Waals surface area contributed by atoms with Crippen LogP contribution in [0.4, 0.5) is 4.39 Å². The molecular weight excluding hydrogens is 241 g/mol. The van der Waals surface area contributed by atoms with Gasteiger partial charge in [-0.2, -0.15) is 0 Å². The van der Waals surface area contributed by atoms with E-state index in [2.05, 4.69) is 4.98 Å². The zero-order chi connectivity index (χ0) is 13.0. The lowest BCUT2D eigenvalue weighted by atomic mass is 10.2. The maximum Gasteiger partial charge on any atom is 0.257 e. The molecular formula is C11H14FN3OS. The van der Waals surface area contributed by atoms with E-state index in [0.717, 1.165) is 6.20 Å². The average molecular weight is 255 g/mol. The Balaban J connectivity index is 3.00. The molecule has 0 bridgehead atoms. The van der Waals surface area contributed by atoms with Crippen LogP contribution in [0.2, 0.25) is 0 Å². The molecule has 0 spiro atoms. The molecule has 0 aliphatic heterocycles. The van der Waals surface area contributed by atoms with Crippen molar-refractivity contribution in [3.05, 3.63) is 29.8 Å². The number of halogens is 1. The maximum absolute atomic E-state index is 13.4. The lowest BCUT2D eigenvalue weighted by Crippen LogP contribution is -2.42. The number of amides is 1. The van der Waals surface area contributed by atoms with Crippen LogP contribution in [-0.4, -0.2) is 33.4 Å². The number of carbonyl (C=O) groups excluding carboxylic acids is 1. The van der Waals surface area contributed by atoms with Gasteiger partial charge in [-0.25, -0.2) is 4.39 Å². The number of carbonyl (C=O) groups is 1. The highest BCUT2D eigenvalue weighted by Gasteiger charge is 2.21. The Bertz CT molecular complexity index is 436. The van der Waals surface area contributed by atoms with E-state index in [1.165, 1.54) is 17.2 Å². The molecule has 0 aliphatic rings. The third kappa shape index (κ3) is 3.45. The third-order valence-electron chi connectivity index (χ3n) is 2.21. The first-order chi connectivity index (χ1) is 7.93. The predicted molar refractivity (Wildman–Crippen MR) is 67.2 cm³/mol. The van der Waals surface area contributed by atoms with Crippen LogP contribution in [0.1, 0.15) is 24.2 Å². The average Bonchev–Trinajstić information content (AvgIpc) is 2.25. The number of aromatic nitrogens is 1. The molecule has 92 valence electrons. The first-order valence-electron chi connectivity index (χ1n) is 5.12. The summed E-state index contributed by atoms with van der Waals surface area (Å²) >= 11 is 4.77.